The van der Waals surface area contributed by atoms with E-state index in [-0.39, 0.29) is 5.82 Å². The predicted octanol–water partition coefficient (Wildman–Crippen LogP) is 3.70. The maximum absolute atomic E-state index is 12.1. The number of carbonyl (C=O) groups is 1. The summed E-state index contributed by atoms with van der Waals surface area (Å²) in [5, 5.41) is 9.27. The van der Waals surface area contributed by atoms with Gasteiger partial charge in [0.15, 0.2) is 5.82 Å². The molecule has 3 aromatic rings. The molecule has 2 aromatic carbocycles. The lowest BCUT2D eigenvalue weighted by Gasteiger charge is -2.10. The molecule has 1 aromatic heterocycles. The number of hydrogen-bond donors (Lipinski definition) is 4. The molecule has 1 heterocycles. The molecular weight excluding hydrogens is 404 g/mol. The number of nitrogens with one attached hydrogen (secondary N) is 3. The lowest BCUT2D eigenvalue weighted by Crippen LogP contribution is -2.20. The Kier molecular flexibility index (Phi) is 7.42. The van der Waals surface area contributed by atoms with Gasteiger partial charge in [0.1, 0.15) is 11.6 Å². The highest BCUT2D eigenvalue weighted by Gasteiger charge is 2.07. The summed E-state index contributed by atoms with van der Waals surface area (Å²) < 4.78 is 5.16. The molecule has 0 spiro atoms. The highest BCUT2D eigenvalue weighted by Crippen LogP contribution is 2.21. The topological polar surface area (TPSA) is 114 Å². The van der Waals surface area contributed by atoms with Gasteiger partial charge in [0.25, 0.3) is 0 Å². The maximum atomic E-state index is 12.1. The van der Waals surface area contributed by atoms with Crippen molar-refractivity contribution in [3.05, 3.63) is 71.0 Å². The number of aromatic nitrogens is 2. The van der Waals surface area contributed by atoms with E-state index >= 15 is 0 Å². The van der Waals surface area contributed by atoms with Gasteiger partial charge in [0, 0.05) is 17.3 Å². The first-order valence-electron chi connectivity index (χ1n) is 9.31. The van der Waals surface area contributed by atoms with E-state index in [4.69, 9.17) is 22.1 Å². The number of ether oxygens (including phenoxy) is 1. The van der Waals surface area contributed by atoms with Gasteiger partial charge in [-0.1, -0.05) is 29.8 Å². The van der Waals surface area contributed by atoms with Gasteiger partial charge >= 0.3 is 6.03 Å². The van der Waals surface area contributed by atoms with Gasteiger partial charge in [-0.05, 0) is 48.4 Å². The number of carbonyl (C=O) groups excluding carboxylic acids is 1. The number of hydrogen-bond acceptors (Lipinski definition) is 6. The van der Waals surface area contributed by atoms with Crippen LogP contribution in [0, 0.1) is 0 Å². The number of nitrogens with zero attached hydrogens (tertiary/aromatic N) is 2. The molecule has 0 aliphatic rings. The van der Waals surface area contributed by atoms with Gasteiger partial charge in [-0.15, -0.1) is 0 Å². The van der Waals surface area contributed by atoms with Crippen LogP contribution in [0.4, 0.5) is 22.1 Å². The van der Waals surface area contributed by atoms with Crippen molar-refractivity contribution in [3.63, 3.8) is 0 Å². The zero-order valence-corrected chi connectivity index (χ0v) is 17.2. The van der Waals surface area contributed by atoms with E-state index in [9.17, 15) is 4.79 Å². The molecule has 0 saturated carbocycles. The first-order valence-corrected chi connectivity index (χ1v) is 9.69. The smallest absolute Gasteiger partial charge is 0.324 e. The molecule has 0 saturated heterocycles. The quantitative estimate of drug-likeness (QED) is 0.408. The molecule has 0 fully saturated rings. The fourth-order valence-electron chi connectivity index (χ4n) is 2.71. The van der Waals surface area contributed by atoms with E-state index in [1.54, 1.807) is 19.2 Å². The number of urea groups is 1. The fourth-order valence-corrected chi connectivity index (χ4v) is 2.98. The number of halogens is 1. The van der Waals surface area contributed by atoms with Gasteiger partial charge < -0.3 is 21.1 Å². The second kappa shape index (κ2) is 10.4. The molecule has 0 unspecified atom stereocenters. The molecule has 0 bridgehead atoms. The number of methoxy groups -OCH3 is 1. The lowest BCUT2D eigenvalue weighted by atomic mass is 10.1. The molecule has 8 nitrogen and oxygen atoms in total. The summed E-state index contributed by atoms with van der Waals surface area (Å²) in [6.45, 7) is 1.53. The number of rotatable bonds is 8. The van der Waals surface area contributed by atoms with Crippen molar-refractivity contribution in [1.82, 2.24) is 15.3 Å². The van der Waals surface area contributed by atoms with Crippen LogP contribution >= 0.6 is 11.6 Å². The van der Waals surface area contributed by atoms with Gasteiger partial charge in [0.05, 0.1) is 19.5 Å². The summed E-state index contributed by atoms with van der Waals surface area (Å²) in [7, 11) is 1.65. The van der Waals surface area contributed by atoms with Crippen LogP contribution in [0.2, 0.25) is 5.02 Å². The molecule has 30 heavy (non-hydrogen) atoms. The second-order valence-corrected chi connectivity index (χ2v) is 6.89. The number of anilines is 3. The van der Waals surface area contributed by atoms with Gasteiger partial charge in [-0.2, -0.15) is 0 Å². The first-order chi connectivity index (χ1) is 14.5. The zero-order chi connectivity index (χ0) is 21.3. The van der Waals surface area contributed by atoms with Crippen LogP contribution in [0.5, 0.6) is 5.75 Å². The third-order valence-corrected chi connectivity index (χ3v) is 4.64. The van der Waals surface area contributed by atoms with Gasteiger partial charge in [-0.25, -0.2) is 14.8 Å². The van der Waals surface area contributed by atoms with Gasteiger partial charge in [0.2, 0.25) is 0 Å². The number of benzene rings is 2. The molecule has 0 aliphatic carbocycles. The highest BCUT2D eigenvalue weighted by molar-refractivity contribution is 6.31. The third-order valence-electron chi connectivity index (χ3n) is 4.28. The molecule has 156 valence electrons. The van der Waals surface area contributed by atoms with Crippen LogP contribution in [0.3, 0.4) is 0 Å². The van der Waals surface area contributed by atoms with Crippen molar-refractivity contribution in [2.24, 2.45) is 0 Å². The van der Waals surface area contributed by atoms with E-state index in [1.165, 1.54) is 18.0 Å². The Morgan fingerprint density at radius 1 is 1.10 bits per heavy atom. The molecule has 5 N–H and O–H groups in total. The SMILES string of the molecule is COc1ccc(CNCCc2ccc(NC(=O)Nc3cnc(N)cn3)cc2Cl)cc1. The number of nitrogens with two attached hydrogens (primary N) is 1. The minimum atomic E-state index is -0.445. The van der Waals surface area contributed by atoms with E-state index in [0.717, 1.165) is 30.8 Å². The van der Waals surface area contributed by atoms with Gasteiger partial charge in [-0.3, -0.25) is 5.32 Å². The van der Waals surface area contributed by atoms with Crippen molar-refractivity contribution < 1.29 is 9.53 Å². The summed E-state index contributed by atoms with van der Waals surface area (Å²) in [5.74, 6) is 1.42. The normalized spacial score (nSPS) is 10.5. The summed E-state index contributed by atoms with van der Waals surface area (Å²) in [6, 6.07) is 12.9. The summed E-state index contributed by atoms with van der Waals surface area (Å²) in [4.78, 5) is 19.9. The summed E-state index contributed by atoms with van der Waals surface area (Å²) >= 11 is 6.37. The molecule has 9 heteroatoms. The van der Waals surface area contributed by atoms with E-state index in [2.05, 4.69) is 25.9 Å². The summed E-state index contributed by atoms with van der Waals surface area (Å²) in [5.41, 5.74) is 8.22. The van der Waals surface area contributed by atoms with Crippen LogP contribution in [0.1, 0.15) is 11.1 Å². The number of nitrogen functional groups attached to an aromatic ring is 1. The molecule has 0 radical (unpaired) electrons. The van der Waals surface area contributed by atoms with Crippen LogP contribution in [-0.2, 0) is 13.0 Å². The minimum absolute atomic E-state index is 0.279. The molecule has 3 rings (SSSR count). The number of amides is 2. The average Bonchev–Trinajstić information content (AvgIpc) is 2.74. The largest absolute Gasteiger partial charge is 0.497 e. The average molecular weight is 427 g/mol. The molecule has 0 atom stereocenters. The minimum Gasteiger partial charge on any atom is -0.497 e. The van der Waals surface area contributed by atoms with Crippen molar-refractivity contribution in [2.45, 2.75) is 13.0 Å². The predicted molar refractivity (Wildman–Crippen MR) is 119 cm³/mol. The van der Waals surface area contributed by atoms with Crippen molar-refractivity contribution in [2.75, 3.05) is 30.0 Å². The Bertz CT molecular complexity index is 980. The Morgan fingerprint density at radius 2 is 1.90 bits per heavy atom. The monoisotopic (exact) mass is 426 g/mol. The zero-order valence-electron chi connectivity index (χ0n) is 16.5. The molecule has 0 aliphatic heterocycles. The molecular formula is C21H23ClN6O2. The van der Waals surface area contributed by atoms with Crippen LogP contribution in [0.25, 0.3) is 0 Å². The maximum Gasteiger partial charge on any atom is 0.324 e. The Labute approximate surface area is 179 Å². The second-order valence-electron chi connectivity index (χ2n) is 6.49. The Balaban J connectivity index is 1.45. The van der Waals surface area contributed by atoms with E-state index < -0.39 is 6.03 Å². The lowest BCUT2D eigenvalue weighted by molar-refractivity contribution is 0.262. The highest BCUT2D eigenvalue weighted by atomic mass is 35.5. The summed E-state index contributed by atoms with van der Waals surface area (Å²) in [6.07, 6.45) is 3.51. The fraction of sp³-hybridized carbons (Fsp3) is 0.190. The third kappa shape index (κ3) is 6.33. The first kappa shape index (κ1) is 21.4. The van der Waals surface area contributed by atoms with Crippen LogP contribution < -0.4 is 26.4 Å². The Morgan fingerprint density at radius 3 is 2.57 bits per heavy atom. The molecule has 2 amide bonds. The Hall–Kier alpha value is -3.36. The van der Waals surface area contributed by atoms with Crippen LogP contribution in [-0.4, -0.2) is 29.7 Å². The van der Waals surface area contributed by atoms with Crippen molar-refractivity contribution in [3.8, 4) is 5.75 Å². The van der Waals surface area contributed by atoms with Crippen LogP contribution in [0.15, 0.2) is 54.9 Å². The standard InChI is InChI=1S/C21H23ClN6O2/c1-30-17-6-2-14(3-7-17)11-24-9-8-15-4-5-16(10-18(15)22)27-21(29)28-20-13-25-19(23)12-26-20/h2-7,10,12-13,24H,8-9,11H2,1H3,(H2,23,25)(H2,26,27,28,29). The van der Waals surface area contributed by atoms with Crippen molar-refractivity contribution in [1.29, 1.82) is 0 Å². The van der Waals surface area contributed by atoms with Crippen molar-refractivity contribution >= 4 is 35.0 Å². The van der Waals surface area contributed by atoms with E-state index in [0.29, 0.717) is 16.5 Å². The van der Waals surface area contributed by atoms with E-state index in [1.807, 2.05) is 30.3 Å².